The normalized spacial score (nSPS) is 10.7. The Labute approximate surface area is 192 Å². The number of carbonyl (C=O) groups excluding carboxylic acids is 2. The lowest BCUT2D eigenvalue weighted by Gasteiger charge is -2.22. The van der Waals surface area contributed by atoms with Gasteiger partial charge in [-0.3, -0.25) is 4.79 Å². The van der Waals surface area contributed by atoms with Crippen molar-refractivity contribution >= 4 is 23.2 Å². The molecule has 0 atom stereocenters. The van der Waals surface area contributed by atoms with Crippen LogP contribution in [0.1, 0.15) is 46.1 Å². The van der Waals surface area contributed by atoms with Crippen molar-refractivity contribution in [3.05, 3.63) is 76.2 Å². The van der Waals surface area contributed by atoms with Gasteiger partial charge >= 0.3 is 5.97 Å². The van der Waals surface area contributed by atoms with Crippen molar-refractivity contribution in [2.75, 3.05) is 26.4 Å². The molecule has 168 valence electrons. The van der Waals surface area contributed by atoms with E-state index in [1.165, 1.54) is 11.3 Å². The van der Waals surface area contributed by atoms with Crippen molar-refractivity contribution in [3.8, 4) is 11.1 Å². The highest BCUT2D eigenvalue weighted by Crippen LogP contribution is 2.21. The summed E-state index contributed by atoms with van der Waals surface area (Å²) in [6, 6.07) is 17.7. The molecule has 0 bridgehead atoms. The summed E-state index contributed by atoms with van der Waals surface area (Å²) in [7, 11) is 0. The molecule has 0 aliphatic heterocycles. The Kier molecular flexibility index (Phi) is 8.95. The Morgan fingerprint density at radius 1 is 0.969 bits per heavy atom. The number of esters is 1. The molecule has 1 heterocycles. The van der Waals surface area contributed by atoms with E-state index in [-0.39, 0.29) is 11.6 Å². The van der Waals surface area contributed by atoms with E-state index in [1.807, 2.05) is 61.5 Å². The van der Waals surface area contributed by atoms with Crippen LogP contribution in [0, 0.1) is 0 Å². The highest BCUT2D eigenvalue weighted by atomic mass is 32.1. The Morgan fingerprint density at radius 3 is 2.38 bits per heavy atom. The van der Waals surface area contributed by atoms with Crippen LogP contribution >= 0.6 is 11.3 Å². The fourth-order valence-electron chi connectivity index (χ4n) is 3.22. The van der Waals surface area contributed by atoms with Crippen LogP contribution in [-0.4, -0.2) is 48.1 Å². The molecule has 0 fully saturated rings. The maximum Gasteiger partial charge on any atom is 0.357 e. The first-order chi connectivity index (χ1) is 15.6. The minimum Gasteiger partial charge on any atom is -0.461 e. The first-order valence-electron chi connectivity index (χ1n) is 10.8. The van der Waals surface area contributed by atoms with Gasteiger partial charge in [-0.05, 0) is 43.5 Å². The minimum atomic E-state index is -0.444. The van der Waals surface area contributed by atoms with Crippen LogP contribution in [0.15, 0.2) is 60.0 Å². The van der Waals surface area contributed by atoms with Gasteiger partial charge in [0, 0.05) is 30.7 Å². The summed E-state index contributed by atoms with van der Waals surface area (Å²) >= 11 is 1.35. The molecule has 0 radical (unpaired) electrons. The minimum absolute atomic E-state index is 0.0750. The number of hydrogen-bond donors (Lipinski definition) is 0. The Morgan fingerprint density at radius 2 is 1.69 bits per heavy atom. The molecular weight excluding hydrogens is 424 g/mol. The van der Waals surface area contributed by atoms with Crippen molar-refractivity contribution in [1.82, 2.24) is 9.88 Å². The zero-order valence-electron chi connectivity index (χ0n) is 18.5. The van der Waals surface area contributed by atoms with Crippen LogP contribution in [0.5, 0.6) is 0 Å². The predicted molar refractivity (Wildman–Crippen MR) is 126 cm³/mol. The highest BCUT2D eigenvalue weighted by Gasteiger charge is 2.19. The van der Waals surface area contributed by atoms with Gasteiger partial charge in [-0.15, -0.1) is 11.3 Å². The number of thiazole rings is 1. The number of amides is 1. The third-order valence-corrected chi connectivity index (χ3v) is 5.64. The molecule has 0 saturated carbocycles. The summed E-state index contributed by atoms with van der Waals surface area (Å²) in [5, 5.41) is 2.36. The van der Waals surface area contributed by atoms with Crippen LogP contribution in [-0.2, 0) is 16.0 Å². The second kappa shape index (κ2) is 12.1. The van der Waals surface area contributed by atoms with E-state index in [4.69, 9.17) is 9.47 Å². The third-order valence-electron chi connectivity index (χ3n) is 4.81. The van der Waals surface area contributed by atoms with Crippen LogP contribution < -0.4 is 0 Å². The van der Waals surface area contributed by atoms with Gasteiger partial charge in [-0.1, -0.05) is 42.5 Å². The molecule has 32 heavy (non-hydrogen) atoms. The van der Waals surface area contributed by atoms with Gasteiger partial charge in [0.15, 0.2) is 5.69 Å². The lowest BCUT2D eigenvalue weighted by atomic mass is 10.0. The highest BCUT2D eigenvalue weighted by molar-refractivity contribution is 7.09. The molecule has 3 rings (SSSR count). The molecular formula is C25H28N2O4S. The number of nitrogens with zero attached hydrogens (tertiary/aromatic N) is 2. The third kappa shape index (κ3) is 6.48. The SMILES string of the molecule is CCOCCCN(Cc1nc(C(=O)OCC)cs1)C(=O)c1ccc(-c2ccccc2)cc1. The van der Waals surface area contributed by atoms with E-state index in [2.05, 4.69) is 4.98 Å². The lowest BCUT2D eigenvalue weighted by molar-refractivity contribution is 0.0520. The fraction of sp³-hybridized carbons (Fsp3) is 0.320. The second-order valence-electron chi connectivity index (χ2n) is 7.07. The maximum atomic E-state index is 13.3. The molecule has 0 spiro atoms. The van der Waals surface area contributed by atoms with Crippen molar-refractivity contribution in [3.63, 3.8) is 0 Å². The Bertz CT molecular complexity index is 1000. The van der Waals surface area contributed by atoms with Gasteiger partial charge in [0.05, 0.1) is 13.2 Å². The summed E-state index contributed by atoms with van der Waals surface area (Å²) in [5.41, 5.74) is 3.06. The standard InChI is InChI=1S/C25H28N2O4S/c1-3-30-16-8-15-27(17-23-26-22(18-32-23)25(29)31-4-2)24(28)21-13-11-20(12-14-21)19-9-6-5-7-10-19/h5-7,9-14,18H,3-4,8,15-17H2,1-2H3. The molecule has 0 aliphatic carbocycles. The monoisotopic (exact) mass is 452 g/mol. The Balaban J connectivity index is 1.74. The molecule has 0 aliphatic rings. The smallest absolute Gasteiger partial charge is 0.357 e. The second-order valence-corrected chi connectivity index (χ2v) is 8.01. The average Bonchev–Trinajstić information content (AvgIpc) is 3.30. The van der Waals surface area contributed by atoms with Gasteiger partial charge in [0.1, 0.15) is 5.01 Å². The first-order valence-corrected chi connectivity index (χ1v) is 11.6. The number of hydrogen-bond acceptors (Lipinski definition) is 6. The molecule has 3 aromatic rings. The van der Waals surface area contributed by atoms with Crippen molar-refractivity contribution in [2.24, 2.45) is 0 Å². The summed E-state index contributed by atoms with van der Waals surface area (Å²) < 4.78 is 10.4. The lowest BCUT2D eigenvalue weighted by Crippen LogP contribution is -2.32. The summed E-state index contributed by atoms with van der Waals surface area (Å²) in [5.74, 6) is -0.519. The van der Waals surface area contributed by atoms with E-state index in [0.717, 1.165) is 17.5 Å². The van der Waals surface area contributed by atoms with Crippen molar-refractivity contribution in [2.45, 2.75) is 26.8 Å². The van der Waals surface area contributed by atoms with E-state index in [9.17, 15) is 9.59 Å². The largest absolute Gasteiger partial charge is 0.461 e. The number of ether oxygens (including phenoxy) is 2. The molecule has 1 amide bonds. The zero-order valence-corrected chi connectivity index (χ0v) is 19.3. The van der Waals surface area contributed by atoms with Crippen LogP contribution in [0.3, 0.4) is 0 Å². The van der Waals surface area contributed by atoms with Crippen LogP contribution in [0.25, 0.3) is 11.1 Å². The zero-order chi connectivity index (χ0) is 22.8. The molecule has 0 unspecified atom stereocenters. The summed E-state index contributed by atoms with van der Waals surface area (Å²) in [6.07, 6.45) is 0.720. The van der Waals surface area contributed by atoms with Crippen molar-refractivity contribution in [1.29, 1.82) is 0 Å². The average molecular weight is 453 g/mol. The summed E-state index contributed by atoms with van der Waals surface area (Å²) in [4.78, 5) is 31.3. The quantitative estimate of drug-likeness (QED) is 0.301. The van der Waals surface area contributed by atoms with Gasteiger partial charge in [-0.2, -0.15) is 0 Å². The van der Waals surface area contributed by atoms with Gasteiger partial charge < -0.3 is 14.4 Å². The summed E-state index contributed by atoms with van der Waals surface area (Å²) in [6.45, 7) is 6.09. The molecule has 7 heteroatoms. The van der Waals surface area contributed by atoms with E-state index < -0.39 is 5.97 Å². The van der Waals surface area contributed by atoms with Gasteiger partial charge in [0.25, 0.3) is 5.91 Å². The topological polar surface area (TPSA) is 68.7 Å². The van der Waals surface area contributed by atoms with Crippen LogP contribution in [0.4, 0.5) is 0 Å². The number of rotatable bonds is 11. The molecule has 6 nitrogen and oxygen atoms in total. The number of benzene rings is 2. The molecule has 1 aromatic heterocycles. The number of carbonyl (C=O) groups is 2. The number of aromatic nitrogens is 1. The fourth-order valence-corrected chi connectivity index (χ4v) is 4.00. The van der Waals surface area contributed by atoms with Crippen molar-refractivity contribution < 1.29 is 19.1 Å². The molecule has 0 saturated heterocycles. The van der Waals surface area contributed by atoms with E-state index >= 15 is 0 Å². The molecule has 0 N–H and O–H groups in total. The van der Waals surface area contributed by atoms with E-state index in [0.29, 0.717) is 43.5 Å². The van der Waals surface area contributed by atoms with Gasteiger partial charge in [0.2, 0.25) is 0 Å². The predicted octanol–water partition coefficient (Wildman–Crippen LogP) is 5.06. The van der Waals surface area contributed by atoms with Crippen LogP contribution in [0.2, 0.25) is 0 Å². The van der Waals surface area contributed by atoms with E-state index in [1.54, 1.807) is 17.2 Å². The van der Waals surface area contributed by atoms with Gasteiger partial charge in [-0.25, -0.2) is 9.78 Å². The maximum absolute atomic E-state index is 13.3. The first kappa shape index (κ1) is 23.6. The molecule has 2 aromatic carbocycles. The Hall–Kier alpha value is -3.03.